The Morgan fingerprint density at radius 1 is 1.29 bits per heavy atom. The van der Waals surface area contributed by atoms with E-state index in [1.54, 1.807) is 12.1 Å². The summed E-state index contributed by atoms with van der Waals surface area (Å²) in [6.07, 6.45) is 0. The van der Waals surface area contributed by atoms with Gasteiger partial charge in [0.15, 0.2) is 0 Å². The van der Waals surface area contributed by atoms with Gasteiger partial charge in [0.25, 0.3) is 5.69 Å². The summed E-state index contributed by atoms with van der Waals surface area (Å²) in [5, 5.41) is 14.2. The van der Waals surface area contributed by atoms with Gasteiger partial charge in [0.05, 0.1) is 18.1 Å². The van der Waals surface area contributed by atoms with E-state index in [1.165, 1.54) is 13.2 Å². The van der Waals surface area contributed by atoms with Crippen molar-refractivity contribution in [3.8, 4) is 5.75 Å². The number of nitro groups is 1. The molecule has 0 saturated heterocycles. The van der Waals surface area contributed by atoms with Gasteiger partial charge in [-0.3, -0.25) is 10.1 Å². The predicted molar refractivity (Wildman–Crippen MR) is 85.9 cm³/mol. The highest BCUT2D eigenvalue weighted by molar-refractivity contribution is 9.10. The molecule has 0 aromatic heterocycles. The van der Waals surface area contributed by atoms with E-state index in [2.05, 4.69) is 21.2 Å². The third-order valence-electron chi connectivity index (χ3n) is 3.08. The van der Waals surface area contributed by atoms with Crippen LogP contribution in [0, 0.1) is 17.0 Å². The highest BCUT2D eigenvalue weighted by Crippen LogP contribution is 2.30. The Kier molecular flexibility index (Phi) is 4.80. The highest BCUT2D eigenvalue weighted by Gasteiger charge is 2.15. The first kappa shape index (κ1) is 15.3. The Bertz CT molecular complexity index is 674. The molecule has 5 nitrogen and oxygen atoms in total. The number of anilines is 1. The zero-order valence-electron chi connectivity index (χ0n) is 11.7. The minimum Gasteiger partial charge on any atom is -0.496 e. The molecule has 21 heavy (non-hydrogen) atoms. The molecular formula is C15H15BrN2O3. The molecule has 2 aromatic carbocycles. The molecule has 2 rings (SSSR count). The first-order valence-corrected chi connectivity index (χ1v) is 7.12. The van der Waals surface area contributed by atoms with Crippen LogP contribution in [0.15, 0.2) is 40.9 Å². The summed E-state index contributed by atoms with van der Waals surface area (Å²) in [5.41, 5.74) is 2.65. The van der Waals surface area contributed by atoms with Crippen LogP contribution in [0.3, 0.4) is 0 Å². The fourth-order valence-electron chi connectivity index (χ4n) is 1.93. The molecule has 0 radical (unpaired) electrons. The lowest BCUT2D eigenvalue weighted by atomic mass is 10.1. The fourth-order valence-corrected chi connectivity index (χ4v) is 2.56. The minimum absolute atomic E-state index is 0.00224. The first-order valence-electron chi connectivity index (χ1n) is 6.32. The van der Waals surface area contributed by atoms with Crippen LogP contribution in [0.2, 0.25) is 0 Å². The van der Waals surface area contributed by atoms with Crippen molar-refractivity contribution >= 4 is 27.3 Å². The van der Waals surface area contributed by atoms with E-state index in [0.29, 0.717) is 18.0 Å². The summed E-state index contributed by atoms with van der Waals surface area (Å²) in [6.45, 7) is 2.50. The zero-order chi connectivity index (χ0) is 15.4. The van der Waals surface area contributed by atoms with Gasteiger partial charge in [-0.2, -0.15) is 0 Å². The first-order chi connectivity index (χ1) is 10.0. The van der Waals surface area contributed by atoms with Crippen LogP contribution in [0.1, 0.15) is 11.1 Å². The Morgan fingerprint density at radius 2 is 2.05 bits per heavy atom. The van der Waals surface area contributed by atoms with Crippen molar-refractivity contribution in [3.05, 3.63) is 62.1 Å². The number of ether oxygens (including phenoxy) is 1. The summed E-state index contributed by atoms with van der Waals surface area (Å²) >= 11 is 3.50. The SMILES string of the molecule is COc1ccc(NCc2ccc(C)cc2Br)c([N+](=O)[O-])c1. The van der Waals surface area contributed by atoms with Crippen LogP contribution >= 0.6 is 15.9 Å². The molecule has 0 aliphatic heterocycles. The summed E-state index contributed by atoms with van der Waals surface area (Å²) in [6, 6.07) is 10.8. The number of halogens is 1. The number of nitro benzene ring substituents is 1. The molecule has 0 amide bonds. The topological polar surface area (TPSA) is 64.4 Å². The molecule has 1 N–H and O–H groups in total. The molecular weight excluding hydrogens is 336 g/mol. The highest BCUT2D eigenvalue weighted by atomic mass is 79.9. The Morgan fingerprint density at radius 3 is 2.67 bits per heavy atom. The standard InChI is InChI=1S/C15H15BrN2O3/c1-10-3-4-11(13(16)7-10)9-17-14-6-5-12(21-2)8-15(14)18(19)20/h3-8,17H,9H2,1-2H3. The number of benzene rings is 2. The minimum atomic E-state index is -0.422. The smallest absolute Gasteiger partial charge is 0.296 e. The van der Waals surface area contributed by atoms with Crippen LogP contribution in [-0.2, 0) is 6.54 Å². The van der Waals surface area contributed by atoms with E-state index in [4.69, 9.17) is 4.74 Å². The maximum atomic E-state index is 11.1. The van der Waals surface area contributed by atoms with Gasteiger partial charge in [0.1, 0.15) is 11.4 Å². The predicted octanol–water partition coefficient (Wildman–Crippen LogP) is 4.29. The molecule has 0 aliphatic rings. The summed E-state index contributed by atoms with van der Waals surface area (Å²) in [4.78, 5) is 10.7. The van der Waals surface area contributed by atoms with Gasteiger partial charge in [-0.1, -0.05) is 28.1 Å². The molecule has 6 heteroatoms. The molecule has 0 fully saturated rings. The number of hydrogen-bond acceptors (Lipinski definition) is 4. The third kappa shape index (κ3) is 3.72. The monoisotopic (exact) mass is 350 g/mol. The number of nitrogens with one attached hydrogen (secondary N) is 1. The van der Waals surface area contributed by atoms with E-state index in [9.17, 15) is 10.1 Å². The van der Waals surface area contributed by atoms with Crippen molar-refractivity contribution in [1.29, 1.82) is 0 Å². The number of hydrogen-bond donors (Lipinski definition) is 1. The summed E-state index contributed by atoms with van der Waals surface area (Å²) in [7, 11) is 1.48. The second kappa shape index (κ2) is 6.58. The quantitative estimate of drug-likeness (QED) is 0.645. The van der Waals surface area contributed by atoms with E-state index < -0.39 is 4.92 Å². The van der Waals surface area contributed by atoms with Gasteiger partial charge >= 0.3 is 0 Å². The van der Waals surface area contributed by atoms with Crippen molar-refractivity contribution in [1.82, 2.24) is 0 Å². The molecule has 0 bridgehead atoms. The second-order valence-electron chi connectivity index (χ2n) is 4.59. The van der Waals surface area contributed by atoms with Crippen molar-refractivity contribution in [2.75, 3.05) is 12.4 Å². The molecule has 110 valence electrons. The van der Waals surface area contributed by atoms with Crippen LogP contribution in [0.5, 0.6) is 5.75 Å². The summed E-state index contributed by atoms with van der Waals surface area (Å²) < 4.78 is 5.99. The van der Waals surface area contributed by atoms with Gasteiger partial charge in [0, 0.05) is 11.0 Å². The second-order valence-corrected chi connectivity index (χ2v) is 5.44. The van der Waals surface area contributed by atoms with Gasteiger partial charge in [-0.05, 0) is 36.2 Å². The number of methoxy groups -OCH3 is 1. The van der Waals surface area contributed by atoms with Crippen molar-refractivity contribution in [2.45, 2.75) is 13.5 Å². The average Bonchev–Trinajstić information content (AvgIpc) is 2.46. The molecule has 2 aromatic rings. The van der Waals surface area contributed by atoms with Gasteiger partial charge in [-0.15, -0.1) is 0 Å². The molecule has 0 saturated carbocycles. The van der Waals surface area contributed by atoms with Gasteiger partial charge in [0.2, 0.25) is 0 Å². The normalized spacial score (nSPS) is 10.2. The zero-order valence-corrected chi connectivity index (χ0v) is 13.3. The van der Waals surface area contributed by atoms with E-state index in [-0.39, 0.29) is 5.69 Å². The molecule has 0 atom stereocenters. The maximum absolute atomic E-state index is 11.1. The molecule has 0 heterocycles. The lowest BCUT2D eigenvalue weighted by Crippen LogP contribution is -2.03. The molecule has 0 spiro atoms. The van der Waals surface area contributed by atoms with Crippen molar-refractivity contribution in [2.24, 2.45) is 0 Å². The number of nitrogens with zero attached hydrogens (tertiary/aromatic N) is 1. The maximum Gasteiger partial charge on any atom is 0.296 e. The lowest BCUT2D eigenvalue weighted by molar-refractivity contribution is -0.384. The fraction of sp³-hybridized carbons (Fsp3) is 0.200. The van der Waals surface area contributed by atoms with E-state index in [0.717, 1.165) is 15.6 Å². The molecule has 0 unspecified atom stereocenters. The van der Waals surface area contributed by atoms with Crippen molar-refractivity contribution < 1.29 is 9.66 Å². The Labute approximate surface area is 131 Å². The third-order valence-corrected chi connectivity index (χ3v) is 3.82. The van der Waals surface area contributed by atoms with E-state index >= 15 is 0 Å². The van der Waals surface area contributed by atoms with Crippen molar-refractivity contribution in [3.63, 3.8) is 0 Å². The summed E-state index contributed by atoms with van der Waals surface area (Å²) in [5.74, 6) is 0.462. The van der Waals surface area contributed by atoms with Gasteiger partial charge < -0.3 is 10.1 Å². The van der Waals surface area contributed by atoms with Crippen LogP contribution in [0.4, 0.5) is 11.4 Å². The van der Waals surface area contributed by atoms with Gasteiger partial charge in [-0.25, -0.2) is 0 Å². The van der Waals surface area contributed by atoms with E-state index in [1.807, 2.05) is 25.1 Å². The van der Waals surface area contributed by atoms with Crippen LogP contribution in [0.25, 0.3) is 0 Å². The number of rotatable bonds is 5. The van der Waals surface area contributed by atoms with Crippen LogP contribution < -0.4 is 10.1 Å². The average molecular weight is 351 g/mol. The lowest BCUT2D eigenvalue weighted by Gasteiger charge is -2.10. The Hall–Kier alpha value is -2.08. The Balaban J connectivity index is 2.21. The molecule has 0 aliphatic carbocycles. The number of aryl methyl sites for hydroxylation is 1. The van der Waals surface area contributed by atoms with Crippen LogP contribution in [-0.4, -0.2) is 12.0 Å². The largest absolute Gasteiger partial charge is 0.496 e.